The second-order valence-corrected chi connectivity index (χ2v) is 5.90. The van der Waals surface area contributed by atoms with Crippen molar-refractivity contribution < 1.29 is 4.79 Å². The molecule has 1 aromatic heterocycles. The molecule has 1 aliphatic heterocycles. The number of rotatable bonds is 1. The lowest BCUT2D eigenvalue weighted by Crippen LogP contribution is -2.03. The normalized spacial score (nSPS) is 15.4. The van der Waals surface area contributed by atoms with Crippen LogP contribution >= 0.6 is 11.6 Å². The summed E-state index contributed by atoms with van der Waals surface area (Å²) in [7, 11) is 0. The number of fused-ring (bicyclic) bond motifs is 2. The van der Waals surface area contributed by atoms with E-state index in [4.69, 9.17) is 11.6 Å². The molecule has 2 heterocycles. The fraction of sp³-hybridized carbons (Fsp3) is 0.0556. The minimum atomic E-state index is -0.0814. The molecule has 0 saturated carbocycles. The molecular formula is C18H13ClN2O. The minimum absolute atomic E-state index is 0.0814. The number of halogens is 1. The van der Waals surface area contributed by atoms with Gasteiger partial charge in [0.25, 0.3) is 5.91 Å². The number of hydrogen-bond acceptors (Lipinski definition) is 1. The second-order valence-electron chi connectivity index (χ2n) is 5.49. The SMILES string of the molecule is Cc1cc(Cl)c2cc(/C=C3\C(=O)Nc4ccccc43)[nH]c2c1. The van der Waals surface area contributed by atoms with Crippen molar-refractivity contribution >= 4 is 45.7 Å². The number of hydrogen-bond donors (Lipinski definition) is 2. The molecule has 0 bridgehead atoms. The molecule has 3 aromatic rings. The van der Waals surface area contributed by atoms with E-state index in [1.807, 2.05) is 55.5 Å². The molecule has 3 nitrogen and oxygen atoms in total. The van der Waals surface area contributed by atoms with Gasteiger partial charge in [-0.1, -0.05) is 29.8 Å². The van der Waals surface area contributed by atoms with Crippen LogP contribution in [0.25, 0.3) is 22.6 Å². The van der Waals surface area contributed by atoms with E-state index in [1.165, 1.54) is 0 Å². The van der Waals surface area contributed by atoms with Gasteiger partial charge in [0.05, 0.1) is 10.6 Å². The monoisotopic (exact) mass is 308 g/mol. The molecular weight excluding hydrogens is 296 g/mol. The summed E-state index contributed by atoms with van der Waals surface area (Å²) >= 11 is 6.28. The molecule has 0 fully saturated rings. The van der Waals surface area contributed by atoms with E-state index in [2.05, 4.69) is 10.3 Å². The zero-order chi connectivity index (χ0) is 15.3. The first-order valence-electron chi connectivity index (χ1n) is 7.03. The lowest BCUT2D eigenvalue weighted by molar-refractivity contribution is -0.110. The highest BCUT2D eigenvalue weighted by Gasteiger charge is 2.23. The molecule has 4 heteroatoms. The van der Waals surface area contributed by atoms with Crippen molar-refractivity contribution in [3.05, 3.63) is 64.3 Å². The zero-order valence-electron chi connectivity index (χ0n) is 11.9. The second kappa shape index (κ2) is 4.75. The number of carbonyl (C=O) groups is 1. The molecule has 0 aliphatic carbocycles. The summed E-state index contributed by atoms with van der Waals surface area (Å²) < 4.78 is 0. The first-order valence-corrected chi connectivity index (χ1v) is 7.41. The molecule has 108 valence electrons. The highest BCUT2D eigenvalue weighted by molar-refractivity contribution is 6.36. The number of nitrogens with one attached hydrogen (secondary N) is 2. The van der Waals surface area contributed by atoms with Gasteiger partial charge in [0.2, 0.25) is 0 Å². The van der Waals surface area contributed by atoms with E-state index in [1.54, 1.807) is 0 Å². The van der Waals surface area contributed by atoms with Crippen LogP contribution in [0.4, 0.5) is 5.69 Å². The first-order chi connectivity index (χ1) is 10.6. The van der Waals surface area contributed by atoms with Crippen molar-refractivity contribution in [2.45, 2.75) is 6.92 Å². The molecule has 2 aromatic carbocycles. The Morgan fingerprint density at radius 2 is 1.95 bits per heavy atom. The molecule has 1 amide bonds. The van der Waals surface area contributed by atoms with Crippen LogP contribution in [-0.2, 0) is 4.79 Å². The molecule has 22 heavy (non-hydrogen) atoms. The van der Waals surface area contributed by atoms with Crippen molar-refractivity contribution in [2.24, 2.45) is 0 Å². The van der Waals surface area contributed by atoms with Gasteiger partial charge >= 0.3 is 0 Å². The summed E-state index contributed by atoms with van der Waals surface area (Å²) in [6, 6.07) is 13.6. The summed E-state index contributed by atoms with van der Waals surface area (Å²) in [6.45, 7) is 2.00. The summed E-state index contributed by atoms with van der Waals surface area (Å²) in [6.07, 6.45) is 1.87. The number of aromatic amines is 1. The third-order valence-corrected chi connectivity index (χ3v) is 4.18. The molecule has 0 unspecified atom stereocenters. The van der Waals surface area contributed by atoms with Crippen molar-refractivity contribution in [1.29, 1.82) is 0 Å². The van der Waals surface area contributed by atoms with Crippen molar-refractivity contribution in [3.8, 4) is 0 Å². The predicted octanol–water partition coefficient (Wildman–Crippen LogP) is 4.62. The Kier molecular flexibility index (Phi) is 2.84. The van der Waals surface area contributed by atoms with Gasteiger partial charge in [0, 0.05) is 27.8 Å². The fourth-order valence-corrected chi connectivity index (χ4v) is 3.19. The third kappa shape index (κ3) is 2.02. The van der Waals surface area contributed by atoms with Gasteiger partial charge in [-0.25, -0.2) is 0 Å². The number of H-pyrrole nitrogens is 1. The van der Waals surface area contributed by atoms with Gasteiger partial charge < -0.3 is 10.3 Å². The van der Waals surface area contributed by atoms with Gasteiger partial charge in [0.15, 0.2) is 0 Å². The van der Waals surface area contributed by atoms with E-state index in [0.717, 1.165) is 33.4 Å². The Balaban J connectivity index is 1.87. The van der Waals surface area contributed by atoms with Gasteiger partial charge in [0.1, 0.15) is 0 Å². The van der Waals surface area contributed by atoms with Crippen LogP contribution in [0, 0.1) is 6.92 Å². The first kappa shape index (κ1) is 13.2. The van der Waals surface area contributed by atoms with Crippen LogP contribution in [0.15, 0.2) is 42.5 Å². The van der Waals surface area contributed by atoms with Crippen molar-refractivity contribution in [1.82, 2.24) is 4.98 Å². The maximum Gasteiger partial charge on any atom is 0.256 e. The van der Waals surface area contributed by atoms with Crippen LogP contribution < -0.4 is 5.32 Å². The summed E-state index contributed by atoms with van der Waals surface area (Å²) in [5, 5.41) is 4.55. The molecule has 1 aliphatic rings. The van der Waals surface area contributed by atoms with Gasteiger partial charge in [-0.3, -0.25) is 4.79 Å². The molecule has 0 saturated heterocycles. The molecule has 0 radical (unpaired) electrons. The number of para-hydroxylation sites is 1. The van der Waals surface area contributed by atoms with E-state index >= 15 is 0 Å². The lowest BCUT2D eigenvalue weighted by Gasteiger charge is -1.96. The number of anilines is 1. The number of carbonyl (C=O) groups excluding carboxylic acids is 1. The quantitative estimate of drug-likeness (QED) is 0.633. The summed E-state index contributed by atoms with van der Waals surface area (Å²) in [5.74, 6) is -0.0814. The van der Waals surface area contributed by atoms with Crippen molar-refractivity contribution in [2.75, 3.05) is 5.32 Å². The summed E-state index contributed by atoms with van der Waals surface area (Å²) in [5.41, 5.74) is 5.38. The number of benzene rings is 2. The average Bonchev–Trinajstić information content (AvgIpc) is 3.01. The summed E-state index contributed by atoms with van der Waals surface area (Å²) in [4.78, 5) is 15.5. The van der Waals surface area contributed by atoms with Crippen LogP contribution in [0.5, 0.6) is 0 Å². The maximum atomic E-state index is 12.2. The maximum absolute atomic E-state index is 12.2. The zero-order valence-corrected chi connectivity index (χ0v) is 12.7. The third-order valence-electron chi connectivity index (χ3n) is 3.86. The molecule has 2 N–H and O–H groups in total. The predicted molar refractivity (Wildman–Crippen MR) is 91.0 cm³/mol. The smallest absolute Gasteiger partial charge is 0.256 e. The number of amides is 1. The van der Waals surface area contributed by atoms with E-state index in [-0.39, 0.29) is 5.91 Å². The Morgan fingerprint density at radius 1 is 1.14 bits per heavy atom. The molecule has 0 atom stereocenters. The lowest BCUT2D eigenvalue weighted by atomic mass is 10.1. The average molecular weight is 309 g/mol. The molecule has 4 rings (SSSR count). The van der Waals surface area contributed by atoms with Crippen LogP contribution in [-0.4, -0.2) is 10.9 Å². The van der Waals surface area contributed by atoms with E-state index in [9.17, 15) is 4.79 Å². The highest BCUT2D eigenvalue weighted by atomic mass is 35.5. The van der Waals surface area contributed by atoms with E-state index < -0.39 is 0 Å². The highest BCUT2D eigenvalue weighted by Crippen LogP contribution is 2.33. The topological polar surface area (TPSA) is 44.9 Å². The standard InChI is InChI=1S/C18H13ClN2O/c1-10-6-15(19)14-9-11(20-17(14)7-10)8-13-12-4-2-3-5-16(12)21-18(13)22/h2-9,20H,1H3,(H,21,22)/b13-8-. The Labute approximate surface area is 132 Å². The van der Waals surface area contributed by atoms with Gasteiger partial charge in [-0.05, 0) is 42.8 Å². The minimum Gasteiger partial charge on any atom is -0.355 e. The largest absolute Gasteiger partial charge is 0.355 e. The van der Waals surface area contributed by atoms with Crippen LogP contribution in [0.2, 0.25) is 5.02 Å². The molecule has 0 spiro atoms. The van der Waals surface area contributed by atoms with Crippen LogP contribution in [0.3, 0.4) is 0 Å². The van der Waals surface area contributed by atoms with Crippen molar-refractivity contribution in [3.63, 3.8) is 0 Å². The fourth-order valence-electron chi connectivity index (χ4n) is 2.87. The van der Waals surface area contributed by atoms with Crippen LogP contribution in [0.1, 0.15) is 16.8 Å². The Hall–Kier alpha value is -2.52. The van der Waals surface area contributed by atoms with Gasteiger partial charge in [-0.2, -0.15) is 0 Å². The number of aryl methyl sites for hydroxylation is 1. The number of aromatic nitrogens is 1. The van der Waals surface area contributed by atoms with Gasteiger partial charge in [-0.15, -0.1) is 0 Å². The Morgan fingerprint density at radius 3 is 2.82 bits per heavy atom. The van der Waals surface area contributed by atoms with E-state index in [0.29, 0.717) is 10.6 Å². The Bertz CT molecular complexity index is 953.